The molecule has 0 saturated heterocycles. The molecule has 1 unspecified atom stereocenters. The van der Waals surface area contributed by atoms with Gasteiger partial charge in [-0.15, -0.1) is 0 Å². The Labute approximate surface area is 196 Å². The van der Waals surface area contributed by atoms with Crippen molar-refractivity contribution in [3.05, 3.63) is 23.8 Å². The van der Waals surface area contributed by atoms with Crippen LogP contribution in [0.5, 0.6) is 5.75 Å². The van der Waals surface area contributed by atoms with Gasteiger partial charge in [0.2, 0.25) is 0 Å². The molecule has 9 heteroatoms. The summed E-state index contributed by atoms with van der Waals surface area (Å²) >= 11 is 0. The number of ether oxygens (including phenoxy) is 3. The van der Waals surface area contributed by atoms with E-state index in [1.54, 1.807) is 11.9 Å². The molecule has 2 N–H and O–H groups in total. The zero-order chi connectivity index (χ0) is 25.0. The lowest BCUT2D eigenvalue weighted by atomic mass is 10.1. The normalized spacial score (nSPS) is 15.6. The molecule has 1 aliphatic rings. The second-order valence-electron chi connectivity index (χ2n) is 10.3. The number of aliphatic imine (C=N–C) groups is 1. The van der Waals surface area contributed by atoms with Crippen molar-refractivity contribution in [2.45, 2.75) is 78.7 Å². The summed E-state index contributed by atoms with van der Waals surface area (Å²) in [5.74, 6) is 1.07. The minimum Gasteiger partial charge on any atom is -0.481 e. The Bertz CT molecular complexity index is 886. The molecule has 33 heavy (non-hydrogen) atoms. The van der Waals surface area contributed by atoms with Gasteiger partial charge >= 0.3 is 12.2 Å². The highest BCUT2D eigenvalue weighted by atomic mass is 16.6. The third-order valence-electron chi connectivity index (χ3n) is 4.65. The quantitative estimate of drug-likeness (QED) is 0.669. The largest absolute Gasteiger partial charge is 0.481 e. The van der Waals surface area contributed by atoms with Crippen LogP contribution in [0.2, 0.25) is 0 Å². The summed E-state index contributed by atoms with van der Waals surface area (Å²) in [6.45, 7) is 14.0. The molecule has 2 amide bonds. The van der Waals surface area contributed by atoms with Crippen LogP contribution in [0.15, 0.2) is 23.2 Å². The summed E-state index contributed by atoms with van der Waals surface area (Å²) in [4.78, 5) is 32.6. The van der Waals surface area contributed by atoms with Gasteiger partial charge in [0.1, 0.15) is 28.5 Å². The Morgan fingerprint density at radius 2 is 1.67 bits per heavy atom. The van der Waals surface area contributed by atoms with Crippen LogP contribution in [0.3, 0.4) is 0 Å². The molecular formula is C24H38N4O5. The third kappa shape index (κ3) is 8.47. The standard InChI is InChI=1S/C24H38N4O5/c1-16-20(25)26-18-14-17(10-11-19(18)31-16)15-28(22(30)33-24(5,6)7)13-9-12-27(8)21(29)32-23(2,3)4/h10-11,14,16H,9,12-13,15H2,1-8H3,(H2,25,26). The van der Waals surface area contributed by atoms with Gasteiger partial charge in [-0.05, 0) is 72.6 Å². The minimum atomic E-state index is -0.624. The molecule has 0 saturated carbocycles. The fourth-order valence-electron chi connectivity index (χ4n) is 3.04. The Balaban J connectivity index is 2.08. The fraction of sp³-hybridized carbons (Fsp3) is 0.625. The van der Waals surface area contributed by atoms with Gasteiger partial charge in [-0.1, -0.05) is 6.07 Å². The first-order chi connectivity index (χ1) is 15.1. The predicted molar refractivity (Wildman–Crippen MR) is 128 cm³/mol. The van der Waals surface area contributed by atoms with Crippen molar-refractivity contribution >= 4 is 23.7 Å². The number of nitrogens with two attached hydrogens (primary N) is 1. The molecule has 0 fully saturated rings. The summed E-state index contributed by atoms with van der Waals surface area (Å²) in [6, 6.07) is 5.59. The van der Waals surface area contributed by atoms with Gasteiger partial charge in [-0.2, -0.15) is 0 Å². The van der Waals surface area contributed by atoms with Gasteiger partial charge in [0.15, 0.2) is 6.10 Å². The maximum Gasteiger partial charge on any atom is 0.410 e. The third-order valence-corrected chi connectivity index (χ3v) is 4.65. The number of hydrogen-bond acceptors (Lipinski definition) is 7. The van der Waals surface area contributed by atoms with E-state index in [-0.39, 0.29) is 6.10 Å². The summed E-state index contributed by atoms with van der Waals surface area (Å²) in [7, 11) is 1.68. The molecule has 0 aliphatic carbocycles. The number of amides is 2. The molecule has 1 atom stereocenters. The van der Waals surface area contributed by atoms with Crippen LogP contribution in [0, 0.1) is 0 Å². The predicted octanol–water partition coefficient (Wildman–Crippen LogP) is 4.45. The Kier molecular flexibility index (Phi) is 8.21. The average molecular weight is 463 g/mol. The molecule has 1 aromatic rings. The van der Waals surface area contributed by atoms with Crippen LogP contribution >= 0.6 is 0 Å². The van der Waals surface area contributed by atoms with Crippen molar-refractivity contribution in [1.82, 2.24) is 9.80 Å². The van der Waals surface area contributed by atoms with Crippen molar-refractivity contribution in [1.29, 1.82) is 0 Å². The van der Waals surface area contributed by atoms with Crippen LogP contribution in [0.4, 0.5) is 15.3 Å². The van der Waals surface area contributed by atoms with Crippen LogP contribution in [0.1, 0.15) is 60.5 Å². The van der Waals surface area contributed by atoms with Crippen molar-refractivity contribution in [3.63, 3.8) is 0 Å². The van der Waals surface area contributed by atoms with Crippen LogP contribution < -0.4 is 10.5 Å². The summed E-state index contributed by atoms with van der Waals surface area (Å²) in [6.07, 6.45) is -0.534. The molecule has 184 valence electrons. The number of carbonyl (C=O) groups excluding carboxylic acids is 2. The molecule has 0 spiro atoms. The number of nitrogens with zero attached hydrogens (tertiary/aromatic N) is 3. The highest BCUT2D eigenvalue weighted by molar-refractivity contribution is 5.89. The Morgan fingerprint density at radius 1 is 1.06 bits per heavy atom. The van der Waals surface area contributed by atoms with E-state index in [1.165, 1.54) is 4.90 Å². The molecule has 9 nitrogen and oxygen atoms in total. The molecule has 0 bridgehead atoms. The van der Waals surface area contributed by atoms with Crippen molar-refractivity contribution in [2.24, 2.45) is 10.7 Å². The number of amidine groups is 1. The number of carbonyl (C=O) groups is 2. The summed E-state index contributed by atoms with van der Waals surface area (Å²) in [5.41, 5.74) is 6.24. The lowest BCUT2D eigenvalue weighted by Gasteiger charge is -2.29. The second kappa shape index (κ2) is 10.3. The lowest BCUT2D eigenvalue weighted by Crippen LogP contribution is -2.39. The lowest BCUT2D eigenvalue weighted by molar-refractivity contribution is 0.0212. The maximum atomic E-state index is 12.9. The van der Waals surface area contributed by atoms with E-state index in [4.69, 9.17) is 19.9 Å². The first-order valence-electron chi connectivity index (χ1n) is 11.2. The fourth-order valence-corrected chi connectivity index (χ4v) is 3.04. The second-order valence-corrected chi connectivity index (χ2v) is 10.3. The number of benzene rings is 1. The monoisotopic (exact) mass is 462 g/mol. The molecule has 1 aliphatic heterocycles. The van der Waals surface area contributed by atoms with E-state index in [9.17, 15) is 9.59 Å². The average Bonchev–Trinajstić information content (AvgIpc) is 2.65. The van der Waals surface area contributed by atoms with Crippen molar-refractivity contribution in [2.75, 3.05) is 20.1 Å². The van der Waals surface area contributed by atoms with Crippen LogP contribution in [-0.2, 0) is 16.0 Å². The Hall–Kier alpha value is -2.97. The summed E-state index contributed by atoms with van der Waals surface area (Å²) < 4.78 is 16.7. The summed E-state index contributed by atoms with van der Waals surface area (Å²) in [5, 5.41) is 0. The maximum absolute atomic E-state index is 12.9. The van der Waals surface area contributed by atoms with E-state index in [1.807, 2.05) is 66.7 Å². The zero-order valence-electron chi connectivity index (χ0n) is 21.1. The molecule has 0 radical (unpaired) electrons. The van der Waals surface area contributed by atoms with Gasteiger partial charge in [0.25, 0.3) is 0 Å². The molecule has 1 heterocycles. The molecule has 0 aromatic heterocycles. The van der Waals surface area contributed by atoms with E-state index in [0.717, 1.165) is 5.56 Å². The van der Waals surface area contributed by atoms with Gasteiger partial charge in [0, 0.05) is 26.7 Å². The van der Waals surface area contributed by atoms with Crippen LogP contribution in [0.25, 0.3) is 0 Å². The van der Waals surface area contributed by atoms with E-state index < -0.39 is 23.4 Å². The minimum absolute atomic E-state index is 0.274. The van der Waals surface area contributed by atoms with Gasteiger partial charge < -0.3 is 29.7 Å². The number of hydrogen-bond donors (Lipinski definition) is 1. The van der Waals surface area contributed by atoms with Gasteiger partial charge in [-0.25, -0.2) is 14.6 Å². The number of rotatable bonds is 6. The Morgan fingerprint density at radius 3 is 2.27 bits per heavy atom. The number of fused-ring (bicyclic) bond motifs is 1. The van der Waals surface area contributed by atoms with Crippen LogP contribution in [-0.4, -0.2) is 65.3 Å². The SMILES string of the molecule is CC1Oc2ccc(CN(CCCN(C)C(=O)OC(C)(C)C)C(=O)OC(C)(C)C)cc2N=C1N. The topological polar surface area (TPSA) is 107 Å². The van der Waals surface area contributed by atoms with Crippen molar-refractivity contribution in [3.8, 4) is 5.75 Å². The highest BCUT2D eigenvalue weighted by Crippen LogP contribution is 2.33. The first kappa shape index (κ1) is 26.3. The van der Waals surface area contributed by atoms with E-state index in [2.05, 4.69) is 4.99 Å². The highest BCUT2D eigenvalue weighted by Gasteiger charge is 2.25. The molecule has 2 rings (SSSR count). The zero-order valence-corrected chi connectivity index (χ0v) is 21.1. The van der Waals surface area contributed by atoms with Gasteiger partial charge in [0.05, 0.1) is 0 Å². The first-order valence-corrected chi connectivity index (χ1v) is 11.2. The molecular weight excluding hydrogens is 424 g/mol. The van der Waals surface area contributed by atoms with Crippen molar-refractivity contribution < 1.29 is 23.8 Å². The van der Waals surface area contributed by atoms with E-state index in [0.29, 0.717) is 43.3 Å². The van der Waals surface area contributed by atoms with E-state index >= 15 is 0 Å². The van der Waals surface area contributed by atoms with Gasteiger partial charge in [-0.3, -0.25) is 0 Å². The smallest absolute Gasteiger partial charge is 0.410 e. The molecule has 1 aromatic carbocycles.